The van der Waals surface area contributed by atoms with Crippen molar-refractivity contribution in [2.24, 2.45) is 0 Å². The van der Waals surface area contributed by atoms with Gasteiger partial charge in [0.15, 0.2) is 5.82 Å². The number of benzene rings is 1. The Morgan fingerprint density at radius 3 is 2.85 bits per heavy atom. The number of hydrogen-bond donors (Lipinski definition) is 3. The van der Waals surface area contributed by atoms with Gasteiger partial charge in [-0.15, -0.1) is 0 Å². The Bertz CT molecular complexity index is 1100. The number of allylic oxidation sites excluding steroid dienone is 3. The summed E-state index contributed by atoms with van der Waals surface area (Å²) in [6, 6.07) is 9.41. The van der Waals surface area contributed by atoms with Crippen molar-refractivity contribution in [2.75, 3.05) is 12.3 Å². The van der Waals surface area contributed by atoms with E-state index in [-0.39, 0.29) is 5.56 Å². The first-order chi connectivity index (χ1) is 13.2. The molecule has 6 nitrogen and oxygen atoms in total. The van der Waals surface area contributed by atoms with Crippen molar-refractivity contribution in [1.82, 2.24) is 15.2 Å². The van der Waals surface area contributed by atoms with Crippen LogP contribution in [0.15, 0.2) is 53.0 Å². The molecule has 2 heterocycles. The summed E-state index contributed by atoms with van der Waals surface area (Å²) in [6.07, 6.45) is 7.03. The smallest absolute Gasteiger partial charge is 0.249 e. The first kappa shape index (κ1) is 17.1. The van der Waals surface area contributed by atoms with E-state index in [9.17, 15) is 4.79 Å². The zero-order valence-corrected chi connectivity index (χ0v) is 15.2. The highest BCUT2D eigenvalue weighted by Crippen LogP contribution is 2.31. The molecule has 0 atom stereocenters. The number of hydrogen-bond acceptors (Lipinski definition) is 4. The maximum absolute atomic E-state index is 12.3. The zero-order chi connectivity index (χ0) is 18.8. The van der Waals surface area contributed by atoms with Gasteiger partial charge in [-0.1, -0.05) is 19.1 Å². The Labute approximate surface area is 156 Å². The van der Waals surface area contributed by atoms with Crippen LogP contribution in [0.1, 0.15) is 31.9 Å². The summed E-state index contributed by atoms with van der Waals surface area (Å²) in [5.74, 6) is 1.29. The SMILES string of the molecule is CCCOC1=CCCC=C1c1cc(-c2ccc3[nH]nc(N)c3c2)cc(=O)[nH]1. The van der Waals surface area contributed by atoms with Crippen molar-refractivity contribution >= 4 is 22.3 Å². The number of rotatable bonds is 5. The Morgan fingerprint density at radius 1 is 1.15 bits per heavy atom. The number of nitrogens with two attached hydrogens (primary N) is 1. The summed E-state index contributed by atoms with van der Waals surface area (Å²) >= 11 is 0. The molecule has 27 heavy (non-hydrogen) atoms. The number of aromatic nitrogens is 3. The van der Waals surface area contributed by atoms with Gasteiger partial charge in [0.1, 0.15) is 5.76 Å². The normalized spacial score (nSPS) is 14.1. The first-order valence-corrected chi connectivity index (χ1v) is 9.18. The van der Waals surface area contributed by atoms with Crippen LogP contribution < -0.4 is 11.3 Å². The quantitative estimate of drug-likeness (QED) is 0.639. The monoisotopic (exact) mass is 362 g/mol. The molecule has 0 aliphatic heterocycles. The van der Waals surface area contributed by atoms with Gasteiger partial charge in [-0.3, -0.25) is 9.89 Å². The van der Waals surface area contributed by atoms with E-state index in [2.05, 4.69) is 34.3 Å². The lowest BCUT2D eigenvalue weighted by Crippen LogP contribution is -2.10. The third kappa shape index (κ3) is 3.38. The molecule has 0 fully saturated rings. The first-order valence-electron chi connectivity index (χ1n) is 9.18. The number of pyridine rings is 1. The molecule has 0 bridgehead atoms. The number of aromatic amines is 2. The van der Waals surface area contributed by atoms with Crippen LogP contribution >= 0.6 is 0 Å². The van der Waals surface area contributed by atoms with Crippen LogP contribution in [-0.2, 0) is 4.74 Å². The van der Waals surface area contributed by atoms with Gasteiger partial charge in [0, 0.05) is 17.0 Å². The fourth-order valence-corrected chi connectivity index (χ4v) is 3.31. The van der Waals surface area contributed by atoms with Crippen molar-refractivity contribution in [3.63, 3.8) is 0 Å². The van der Waals surface area contributed by atoms with Crippen molar-refractivity contribution < 1.29 is 4.74 Å². The van der Waals surface area contributed by atoms with Crippen LogP contribution in [0.2, 0.25) is 0 Å². The molecule has 6 heteroatoms. The second-order valence-corrected chi connectivity index (χ2v) is 6.63. The van der Waals surface area contributed by atoms with Crippen LogP contribution in [0, 0.1) is 0 Å². The number of nitrogens with zero attached hydrogens (tertiary/aromatic N) is 1. The zero-order valence-electron chi connectivity index (χ0n) is 15.2. The minimum Gasteiger partial charge on any atom is -0.493 e. The number of H-pyrrole nitrogens is 2. The molecule has 1 aromatic carbocycles. The van der Waals surface area contributed by atoms with Crippen molar-refractivity contribution in [1.29, 1.82) is 0 Å². The van der Waals surface area contributed by atoms with E-state index < -0.39 is 0 Å². The van der Waals surface area contributed by atoms with Crippen LogP contribution in [-0.4, -0.2) is 21.8 Å². The summed E-state index contributed by atoms with van der Waals surface area (Å²) in [5.41, 5.74) is 10.1. The molecule has 1 aliphatic carbocycles. The molecule has 2 aromatic heterocycles. The van der Waals surface area contributed by atoms with E-state index >= 15 is 0 Å². The largest absolute Gasteiger partial charge is 0.493 e. The van der Waals surface area contributed by atoms with Gasteiger partial charge in [-0.2, -0.15) is 5.10 Å². The van der Waals surface area contributed by atoms with Gasteiger partial charge >= 0.3 is 0 Å². The van der Waals surface area contributed by atoms with Gasteiger partial charge in [0.2, 0.25) is 5.56 Å². The molecule has 4 rings (SSSR count). The van der Waals surface area contributed by atoms with Crippen LogP contribution in [0.3, 0.4) is 0 Å². The van der Waals surface area contributed by atoms with Gasteiger partial charge in [-0.05, 0) is 54.7 Å². The lowest BCUT2D eigenvalue weighted by molar-refractivity contribution is 0.226. The Kier molecular flexibility index (Phi) is 4.54. The van der Waals surface area contributed by atoms with Crippen LogP contribution in [0.4, 0.5) is 5.82 Å². The van der Waals surface area contributed by atoms with E-state index in [0.29, 0.717) is 12.4 Å². The molecule has 138 valence electrons. The molecule has 4 N–H and O–H groups in total. The second kappa shape index (κ2) is 7.15. The predicted octanol–water partition coefficient (Wildman–Crippen LogP) is 3.99. The molecule has 1 aliphatic rings. The maximum Gasteiger partial charge on any atom is 0.249 e. The number of anilines is 1. The highest BCUT2D eigenvalue weighted by atomic mass is 16.5. The molecular formula is C21H22N4O2. The van der Waals surface area contributed by atoms with Gasteiger partial charge in [-0.25, -0.2) is 0 Å². The highest BCUT2D eigenvalue weighted by Gasteiger charge is 2.15. The highest BCUT2D eigenvalue weighted by molar-refractivity contribution is 5.92. The Balaban J connectivity index is 1.77. The second-order valence-electron chi connectivity index (χ2n) is 6.63. The standard InChI is InChI=1S/C21H22N4O2/c1-2-9-27-19-6-4-3-5-15(19)18-11-14(12-20(26)23-18)13-7-8-17-16(10-13)21(22)25-24-17/h5-8,10-12H,2-4,9H2,1H3,(H,23,26)(H3,22,24,25). The molecule has 0 amide bonds. The molecular weight excluding hydrogens is 340 g/mol. The Morgan fingerprint density at radius 2 is 2.00 bits per heavy atom. The summed E-state index contributed by atoms with van der Waals surface area (Å²) in [6.45, 7) is 2.73. The minimum atomic E-state index is -0.149. The number of fused-ring (bicyclic) bond motifs is 1. The van der Waals surface area contributed by atoms with Gasteiger partial charge in [0.05, 0.1) is 17.8 Å². The van der Waals surface area contributed by atoms with E-state index in [1.165, 1.54) is 0 Å². The topological polar surface area (TPSA) is 96.8 Å². The Hall–Kier alpha value is -3.28. The lowest BCUT2D eigenvalue weighted by atomic mass is 9.98. The fraction of sp³-hybridized carbons (Fsp3) is 0.238. The molecule has 0 saturated heterocycles. The molecule has 0 spiro atoms. The average molecular weight is 362 g/mol. The van der Waals surface area contributed by atoms with Crippen molar-refractivity contribution in [3.05, 3.63) is 64.3 Å². The third-order valence-electron chi connectivity index (χ3n) is 4.63. The fourth-order valence-electron chi connectivity index (χ4n) is 3.31. The van der Waals surface area contributed by atoms with Crippen molar-refractivity contribution in [3.8, 4) is 11.1 Å². The summed E-state index contributed by atoms with van der Waals surface area (Å²) in [4.78, 5) is 15.3. The molecule has 0 unspecified atom stereocenters. The van der Waals surface area contributed by atoms with E-state index in [0.717, 1.165) is 58.3 Å². The number of nitrogen functional groups attached to an aromatic ring is 1. The average Bonchev–Trinajstić information content (AvgIpc) is 3.06. The van der Waals surface area contributed by atoms with Gasteiger partial charge in [0.25, 0.3) is 0 Å². The maximum atomic E-state index is 12.3. The molecule has 0 radical (unpaired) electrons. The summed E-state index contributed by atoms with van der Waals surface area (Å²) in [7, 11) is 0. The van der Waals surface area contributed by atoms with Crippen LogP contribution in [0.25, 0.3) is 27.6 Å². The minimum absolute atomic E-state index is 0.149. The van der Waals surface area contributed by atoms with E-state index in [1.807, 2.05) is 24.3 Å². The van der Waals surface area contributed by atoms with Crippen molar-refractivity contribution in [2.45, 2.75) is 26.2 Å². The summed E-state index contributed by atoms with van der Waals surface area (Å²) < 4.78 is 5.89. The molecule has 0 saturated carbocycles. The third-order valence-corrected chi connectivity index (χ3v) is 4.63. The van der Waals surface area contributed by atoms with Gasteiger partial charge < -0.3 is 15.5 Å². The van der Waals surface area contributed by atoms with Crippen LogP contribution in [0.5, 0.6) is 0 Å². The van der Waals surface area contributed by atoms with E-state index in [1.54, 1.807) is 6.07 Å². The lowest BCUT2D eigenvalue weighted by Gasteiger charge is -2.17. The predicted molar refractivity (Wildman–Crippen MR) is 108 cm³/mol. The van der Waals surface area contributed by atoms with E-state index in [4.69, 9.17) is 10.5 Å². The molecule has 3 aromatic rings. The number of ether oxygens (including phenoxy) is 1. The number of nitrogens with one attached hydrogen (secondary N) is 2. The summed E-state index contributed by atoms with van der Waals surface area (Å²) in [5, 5.41) is 7.77.